The Morgan fingerprint density at radius 3 is 2.33 bits per heavy atom. The van der Waals surface area contributed by atoms with Crippen LogP contribution in [-0.2, 0) is 0 Å². The van der Waals surface area contributed by atoms with Crippen LogP contribution in [0, 0.1) is 0 Å². The molecule has 0 radical (unpaired) electrons. The van der Waals surface area contributed by atoms with Crippen molar-refractivity contribution in [3.05, 3.63) is 29.8 Å². The van der Waals surface area contributed by atoms with Gasteiger partial charge in [0.15, 0.2) is 0 Å². The van der Waals surface area contributed by atoms with Crippen molar-refractivity contribution < 1.29 is 9.84 Å². The van der Waals surface area contributed by atoms with Gasteiger partial charge in [-0.3, -0.25) is 0 Å². The van der Waals surface area contributed by atoms with E-state index < -0.39 is 0 Å². The number of methoxy groups -OCH3 is 1. The summed E-state index contributed by atoms with van der Waals surface area (Å²) in [4.78, 5) is 0. The number of ether oxygens (including phenoxy) is 1. The summed E-state index contributed by atoms with van der Waals surface area (Å²) in [6.45, 7) is 1.95. The molecule has 0 saturated carbocycles. The lowest BCUT2D eigenvalue weighted by atomic mass is 10.1. The fraction of sp³-hybridized carbons (Fsp3) is 0.400. The van der Waals surface area contributed by atoms with E-state index in [0.717, 1.165) is 17.7 Å². The first-order valence-electron chi connectivity index (χ1n) is 4.10. The van der Waals surface area contributed by atoms with Crippen molar-refractivity contribution in [3.8, 4) is 5.75 Å². The minimum Gasteiger partial charge on any atom is -0.497 e. The highest BCUT2D eigenvalue weighted by molar-refractivity contribution is 5.28. The number of hydrogen-bond acceptors (Lipinski definition) is 2. The lowest BCUT2D eigenvalue weighted by Gasteiger charge is -2.08. The van der Waals surface area contributed by atoms with Gasteiger partial charge in [-0.2, -0.15) is 0 Å². The Hall–Kier alpha value is -1.02. The molecule has 0 amide bonds. The largest absolute Gasteiger partial charge is 0.497 e. The molecule has 2 nitrogen and oxygen atoms in total. The molecular weight excluding hydrogens is 152 g/mol. The van der Waals surface area contributed by atoms with E-state index in [4.69, 9.17) is 4.74 Å². The first kappa shape index (κ1) is 9.07. The van der Waals surface area contributed by atoms with Crippen molar-refractivity contribution in [1.29, 1.82) is 0 Å². The van der Waals surface area contributed by atoms with E-state index in [9.17, 15) is 5.11 Å². The van der Waals surface area contributed by atoms with Crippen LogP contribution in [0.3, 0.4) is 0 Å². The van der Waals surface area contributed by atoms with E-state index in [-0.39, 0.29) is 6.10 Å². The predicted molar refractivity (Wildman–Crippen MR) is 48.2 cm³/mol. The molecule has 0 aliphatic carbocycles. The zero-order valence-electron chi connectivity index (χ0n) is 7.45. The molecule has 0 heterocycles. The normalized spacial score (nSPS) is 12.6. The zero-order valence-corrected chi connectivity index (χ0v) is 7.45. The Morgan fingerprint density at radius 1 is 1.33 bits per heavy atom. The molecule has 0 aromatic heterocycles. The Bertz CT molecular complexity index is 228. The van der Waals surface area contributed by atoms with E-state index >= 15 is 0 Å². The molecule has 0 aliphatic heterocycles. The smallest absolute Gasteiger partial charge is 0.118 e. The number of rotatable bonds is 3. The molecule has 66 valence electrons. The minimum atomic E-state index is -0.351. The highest BCUT2D eigenvalue weighted by Gasteiger charge is 2.03. The monoisotopic (exact) mass is 166 g/mol. The molecule has 0 fully saturated rings. The van der Waals surface area contributed by atoms with Crippen molar-refractivity contribution in [2.24, 2.45) is 0 Å². The van der Waals surface area contributed by atoms with Gasteiger partial charge in [0, 0.05) is 0 Å². The molecule has 1 aromatic rings. The lowest BCUT2D eigenvalue weighted by Crippen LogP contribution is -1.94. The Balaban J connectivity index is 2.77. The van der Waals surface area contributed by atoms with Crippen molar-refractivity contribution in [1.82, 2.24) is 0 Å². The maximum absolute atomic E-state index is 9.45. The van der Waals surface area contributed by atoms with Crippen molar-refractivity contribution in [2.45, 2.75) is 19.4 Å². The van der Waals surface area contributed by atoms with E-state index in [1.165, 1.54) is 0 Å². The molecule has 1 atom stereocenters. The summed E-state index contributed by atoms with van der Waals surface area (Å²) in [6.07, 6.45) is 0.391. The molecule has 1 N–H and O–H groups in total. The lowest BCUT2D eigenvalue weighted by molar-refractivity contribution is 0.173. The maximum Gasteiger partial charge on any atom is 0.118 e. The van der Waals surface area contributed by atoms with Gasteiger partial charge in [-0.05, 0) is 24.1 Å². The fourth-order valence-corrected chi connectivity index (χ4v) is 1.06. The summed E-state index contributed by atoms with van der Waals surface area (Å²) in [6, 6.07) is 7.47. The van der Waals surface area contributed by atoms with E-state index in [0.29, 0.717) is 0 Å². The van der Waals surface area contributed by atoms with Crippen LogP contribution in [0.1, 0.15) is 25.0 Å². The summed E-state index contributed by atoms with van der Waals surface area (Å²) < 4.78 is 5.00. The van der Waals surface area contributed by atoms with Gasteiger partial charge in [0.1, 0.15) is 5.75 Å². The summed E-state index contributed by atoms with van der Waals surface area (Å²) in [7, 11) is 1.63. The van der Waals surface area contributed by atoms with Crippen LogP contribution in [-0.4, -0.2) is 12.2 Å². The Kier molecular flexibility index (Phi) is 3.11. The third-order valence-electron chi connectivity index (χ3n) is 1.89. The average Bonchev–Trinajstić information content (AvgIpc) is 2.17. The third-order valence-corrected chi connectivity index (χ3v) is 1.89. The highest BCUT2D eigenvalue weighted by Crippen LogP contribution is 2.19. The minimum absolute atomic E-state index is 0.351. The SMILES string of the molecule is CCC(O)c1ccc(OC)cc1. The zero-order chi connectivity index (χ0) is 8.97. The molecule has 1 rings (SSSR count). The van der Waals surface area contributed by atoms with Gasteiger partial charge in [0.25, 0.3) is 0 Å². The van der Waals surface area contributed by atoms with Crippen molar-refractivity contribution in [3.63, 3.8) is 0 Å². The van der Waals surface area contributed by atoms with Gasteiger partial charge in [-0.15, -0.1) is 0 Å². The van der Waals surface area contributed by atoms with Crippen LogP contribution in [0.4, 0.5) is 0 Å². The predicted octanol–water partition coefficient (Wildman–Crippen LogP) is 2.14. The molecule has 12 heavy (non-hydrogen) atoms. The Labute approximate surface area is 72.8 Å². The van der Waals surface area contributed by atoms with Crippen molar-refractivity contribution in [2.75, 3.05) is 7.11 Å². The van der Waals surface area contributed by atoms with Crippen LogP contribution in [0.2, 0.25) is 0 Å². The molecule has 1 aromatic carbocycles. The second-order valence-electron chi connectivity index (χ2n) is 2.70. The fourth-order valence-electron chi connectivity index (χ4n) is 1.06. The summed E-state index contributed by atoms with van der Waals surface area (Å²) in [5.41, 5.74) is 0.943. The summed E-state index contributed by atoms with van der Waals surface area (Å²) in [5, 5.41) is 9.45. The van der Waals surface area contributed by atoms with Crippen LogP contribution < -0.4 is 4.74 Å². The molecule has 1 unspecified atom stereocenters. The molecule has 0 aliphatic rings. The number of aliphatic hydroxyl groups excluding tert-OH is 1. The van der Waals surface area contributed by atoms with Crippen LogP contribution >= 0.6 is 0 Å². The first-order valence-corrected chi connectivity index (χ1v) is 4.10. The van der Waals surface area contributed by atoms with Gasteiger partial charge < -0.3 is 9.84 Å². The summed E-state index contributed by atoms with van der Waals surface area (Å²) >= 11 is 0. The van der Waals surface area contributed by atoms with Gasteiger partial charge in [-0.1, -0.05) is 19.1 Å². The van der Waals surface area contributed by atoms with Gasteiger partial charge in [0.05, 0.1) is 13.2 Å². The number of aliphatic hydroxyl groups is 1. The van der Waals surface area contributed by atoms with Crippen molar-refractivity contribution >= 4 is 0 Å². The summed E-state index contributed by atoms with van der Waals surface area (Å²) in [5.74, 6) is 0.821. The van der Waals surface area contributed by atoms with Gasteiger partial charge in [0.2, 0.25) is 0 Å². The van der Waals surface area contributed by atoms with Gasteiger partial charge in [-0.25, -0.2) is 0 Å². The molecule has 0 saturated heterocycles. The van der Waals surface area contributed by atoms with E-state index in [1.807, 2.05) is 31.2 Å². The van der Waals surface area contributed by atoms with Crippen LogP contribution in [0.15, 0.2) is 24.3 Å². The Morgan fingerprint density at radius 2 is 1.92 bits per heavy atom. The van der Waals surface area contributed by atoms with Crippen LogP contribution in [0.25, 0.3) is 0 Å². The van der Waals surface area contributed by atoms with E-state index in [1.54, 1.807) is 7.11 Å². The third kappa shape index (κ3) is 1.98. The first-order chi connectivity index (χ1) is 5.77. The average molecular weight is 166 g/mol. The highest BCUT2D eigenvalue weighted by atomic mass is 16.5. The van der Waals surface area contributed by atoms with Gasteiger partial charge >= 0.3 is 0 Å². The molecule has 2 heteroatoms. The number of benzene rings is 1. The second-order valence-corrected chi connectivity index (χ2v) is 2.70. The maximum atomic E-state index is 9.45. The molecule has 0 spiro atoms. The molecule has 0 bridgehead atoms. The van der Waals surface area contributed by atoms with E-state index in [2.05, 4.69) is 0 Å². The topological polar surface area (TPSA) is 29.5 Å². The van der Waals surface area contributed by atoms with Crippen LogP contribution in [0.5, 0.6) is 5.75 Å². The quantitative estimate of drug-likeness (QED) is 0.745. The second kappa shape index (κ2) is 4.12. The number of hydrogen-bond donors (Lipinski definition) is 1. The molecular formula is C10H14O2. The standard InChI is InChI=1S/C10H14O2/c1-3-10(11)8-4-6-9(12-2)7-5-8/h4-7,10-11H,3H2,1-2H3.